The minimum absolute atomic E-state index is 0.103. The second kappa shape index (κ2) is 7.88. The van der Waals surface area contributed by atoms with Crippen molar-refractivity contribution in [3.8, 4) is 0 Å². The number of carbonyl (C=O) groups excluding carboxylic acids is 1. The number of amides is 2. The van der Waals surface area contributed by atoms with Crippen LogP contribution in [-0.2, 0) is 6.42 Å². The van der Waals surface area contributed by atoms with E-state index >= 15 is 0 Å². The molecule has 110 valence electrons. The summed E-state index contributed by atoms with van der Waals surface area (Å²) in [4.78, 5) is 11.8. The van der Waals surface area contributed by atoms with E-state index in [4.69, 9.17) is 0 Å². The van der Waals surface area contributed by atoms with Crippen molar-refractivity contribution < 1.29 is 9.18 Å². The first-order chi connectivity index (χ1) is 9.74. The van der Waals surface area contributed by atoms with Crippen LogP contribution in [-0.4, -0.2) is 18.6 Å². The molecular weight excluding hydrogens is 255 g/mol. The molecular formula is C16H23FN2O. The zero-order valence-corrected chi connectivity index (χ0v) is 11.8. The zero-order chi connectivity index (χ0) is 14.2. The number of carbonyl (C=O) groups is 1. The number of nitrogens with one attached hydrogen (secondary N) is 2. The molecule has 0 saturated heterocycles. The van der Waals surface area contributed by atoms with Crippen LogP contribution in [0.5, 0.6) is 0 Å². The lowest BCUT2D eigenvalue weighted by molar-refractivity contribution is 0.235. The van der Waals surface area contributed by atoms with E-state index in [1.54, 1.807) is 6.07 Å². The molecule has 2 N–H and O–H groups in total. The molecule has 0 radical (unpaired) electrons. The largest absolute Gasteiger partial charge is 0.338 e. The molecule has 4 heteroatoms. The van der Waals surface area contributed by atoms with Gasteiger partial charge in [0.1, 0.15) is 5.82 Å². The van der Waals surface area contributed by atoms with Crippen LogP contribution < -0.4 is 10.6 Å². The van der Waals surface area contributed by atoms with Gasteiger partial charge in [-0.2, -0.15) is 0 Å². The van der Waals surface area contributed by atoms with Gasteiger partial charge < -0.3 is 10.6 Å². The number of benzene rings is 1. The van der Waals surface area contributed by atoms with Gasteiger partial charge in [0.15, 0.2) is 0 Å². The normalized spacial score (nSPS) is 16.4. The van der Waals surface area contributed by atoms with E-state index in [1.165, 1.54) is 37.8 Å². The van der Waals surface area contributed by atoms with E-state index in [2.05, 4.69) is 10.6 Å². The summed E-state index contributed by atoms with van der Waals surface area (Å²) >= 11 is 0. The average Bonchev–Trinajstić information content (AvgIpc) is 2.67. The second-order valence-electron chi connectivity index (χ2n) is 5.47. The topological polar surface area (TPSA) is 41.1 Å². The van der Waals surface area contributed by atoms with Crippen LogP contribution >= 0.6 is 0 Å². The van der Waals surface area contributed by atoms with Crippen molar-refractivity contribution in [2.45, 2.75) is 51.0 Å². The number of rotatable bonds is 4. The monoisotopic (exact) mass is 278 g/mol. The minimum Gasteiger partial charge on any atom is -0.338 e. The van der Waals surface area contributed by atoms with E-state index in [0.29, 0.717) is 19.0 Å². The Morgan fingerprint density at radius 1 is 1.20 bits per heavy atom. The molecule has 0 unspecified atom stereocenters. The molecule has 1 aromatic rings. The molecule has 1 aromatic carbocycles. The maximum atomic E-state index is 13.0. The molecule has 3 nitrogen and oxygen atoms in total. The summed E-state index contributed by atoms with van der Waals surface area (Å²) in [5.74, 6) is -0.231. The van der Waals surface area contributed by atoms with Crippen LogP contribution in [0, 0.1) is 5.82 Å². The smallest absolute Gasteiger partial charge is 0.315 e. The van der Waals surface area contributed by atoms with Crippen molar-refractivity contribution in [2.75, 3.05) is 6.54 Å². The fourth-order valence-corrected chi connectivity index (χ4v) is 2.67. The van der Waals surface area contributed by atoms with Gasteiger partial charge in [-0.25, -0.2) is 9.18 Å². The number of urea groups is 1. The summed E-state index contributed by atoms with van der Waals surface area (Å²) < 4.78 is 13.0. The highest BCUT2D eigenvalue weighted by Gasteiger charge is 2.14. The summed E-state index contributed by atoms with van der Waals surface area (Å²) in [6, 6.07) is 6.70. The van der Waals surface area contributed by atoms with Gasteiger partial charge in [-0.3, -0.25) is 0 Å². The van der Waals surface area contributed by atoms with Gasteiger partial charge in [0.05, 0.1) is 0 Å². The summed E-state index contributed by atoms with van der Waals surface area (Å²) in [6.45, 7) is 0.530. The summed E-state index contributed by atoms with van der Waals surface area (Å²) in [7, 11) is 0. The lowest BCUT2D eigenvalue weighted by Gasteiger charge is -2.16. The van der Waals surface area contributed by atoms with Crippen LogP contribution in [0.2, 0.25) is 0 Å². The molecule has 2 rings (SSSR count). The molecule has 0 aliphatic heterocycles. The van der Waals surface area contributed by atoms with Gasteiger partial charge in [0, 0.05) is 12.6 Å². The zero-order valence-electron chi connectivity index (χ0n) is 11.8. The van der Waals surface area contributed by atoms with Gasteiger partial charge in [-0.05, 0) is 37.0 Å². The molecule has 1 aliphatic carbocycles. The number of hydrogen-bond acceptors (Lipinski definition) is 1. The molecule has 1 aliphatic rings. The van der Waals surface area contributed by atoms with E-state index in [9.17, 15) is 9.18 Å². The summed E-state index contributed by atoms with van der Waals surface area (Å²) in [5, 5.41) is 5.88. The highest BCUT2D eigenvalue weighted by Crippen LogP contribution is 2.16. The van der Waals surface area contributed by atoms with Crippen LogP contribution in [0.1, 0.15) is 44.1 Å². The Labute approximate surface area is 120 Å². The predicted molar refractivity (Wildman–Crippen MR) is 78.1 cm³/mol. The first-order valence-corrected chi connectivity index (χ1v) is 7.53. The molecule has 1 saturated carbocycles. The Morgan fingerprint density at radius 2 is 1.95 bits per heavy atom. The van der Waals surface area contributed by atoms with Crippen molar-refractivity contribution in [2.24, 2.45) is 0 Å². The van der Waals surface area contributed by atoms with Gasteiger partial charge in [-0.15, -0.1) is 0 Å². The van der Waals surface area contributed by atoms with Crippen molar-refractivity contribution in [3.63, 3.8) is 0 Å². The second-order valence-corrected chi connectivity index (χ2v) is 5.47. The summed E-state index contributed by atoms with van der Waals surface area (Å²) in [5.41, 5.74) is 0.903. The number of hydrogen-bond donors (Lipinski definition) is 2. The minimum atomic E-state index is -0.231. The van der Waals surface area contributed by atoms with Gasteiger partial charge in [0.25, 0.3) is 0 Å². The SMILES string of the molecule is O=C(NCCc1cccc(F)c1)NC1CCCCCC1. The third kappa shape index (κ3) is 5.19. The Hall–Kier alpha value is -1.58. The highest BCUT2D eigenvalue weighted by molar-refractivity contribution is 5.74. The van der Waals surface area contributed by atoms with Crippen LogP contribution in [0.4, 0.5) is 9.18 Å². The summed E-state index contributed by atoms with van der Waals surface area (Å²) in [6.07, 6.45) is 7.77. The first-order valence-electron chi connectivity index (χ1n) is 7.53. The van der Waals surface area contributed by atoms with E-state index in [-0.39, 0.29) is 11.8 Å². The lowest BCUT2D eigenvalue weighted by Crippen LogP contribution is -2.42. The van der Waals surface area contributed by atoms with Crippen LogP contribution in [0.3, 0.4) is 0 Å². The van der Waals surface area contributed by atoms with E-state index in [0.717, 1.165) is 18.4 Å². The molecule has 1 fully saturated rings. The van der Waals surface area contributed by atoms with Crippen molar-refractivity contribution in [1.29, 1.82) is 0 Å². The van der Waals surface area contributed by atoms with Crippen LogP contribution in [0.25, 0.3) is 0 Å². The van der Waals surface area contributed by atoms with Crippen molar-refractivity contribution in [1.82, 2.24) is 10.6 Å². The third-order valence-electron chi connectivity index (χ3n) is 3.78. The fourth-order valence-electron chi connectivity index (χ4n) is 2.67. The molecule has 0 atom stereocenters. The molecule has 20 heavy (non-hydrogen) atoms. The molecule has 0 bridgehead atoms. The fraction of sp³-hybridized carbons (Fsp3) is 0.562. The first kappa shape index (κ1) is 14.8. The van der Waals surface area contributed by atoms with Gasteiger partial charge in [0.2, 0.25) is 0 Å². The lowest BCUT2D eigenvalue weighted by atomic mass is 10.1. The van der Waals surface area contributed by atoms with E-state index in [1.807, 2.05) is 6.07 Å². The maximum Gasteiger partial charge on any atom is 0.315 e. The quantitative estimate of drug-likeness (QED) is 0.814. The Bertz CT molecular complexity index is 428. The maximum absolute atomic E-state index is 13.0. The van der Waals surface area contributed by atoms with E-state index < -0.39 is 0 Å². The number of halogens is 1. The van der Waals surface area contributed by atoms with Crippen molar-refractivity contribution in [3.05, 3.63) is 35.6 Å². The van der Waals surface area contributed by atoms with Gasteiger partial charge in [-0.1, -0.05) is 37.8 Å². The Kier molecular flexibility index (Phi) is 5.84. The molecule has 0 heterocycles. The predicted octanol–water partition coefficient (Wildman–Crippen LogP) is 3.39. The van der Waals surface area contributed by atoms with Gasteiger partial charge >= 0.3 is 6.03 Å². The van der Waals surface area contributed by atoms with Crippen molar-refractivity contribution >= 4 is 6.03 Å². The Balaban J connectivity index is 1.67. The highest BCUT2D eigenvalue weighted by atomic mass is 19.1. The van der Waals surface area contributed by atoms with Crippen LogP contribution in [0.15, 0.2) is 24.3 Å². The molecule has 2 amide bonds. The average molecular weight is 278 g/mol. The molecule has 0 aromatic heterocycles. The third-order valence-corrected chi connectivity index (χ3v) is 3.78. The standard InChI is InChI=1S/C16H23FN2O/c17-14-7-5-6-13(12-14)10-11-18-16(20)19-15-8-3-1-2-4-9-15/h5-7,12,15H,1-4,8-11H2,(H2,18,19,20). The molecule has 0 spiro atoms. The Morgan fingerprint density at radius 3 is 2.65 bits per heavy atom.